The molecule has 0 bridgehead atoms. The van der Waals surface area contributed by atoms with Crippen molar-refractivity contribution in [1.82, 2.24) is 5.32 Å². The Morgan fingerprint density at radius 1 is 0.673 bits per heavy atom. The Morgan fingerprint density at radius 2 is 1.15 bits per heavy atom. The Balaban J connectivity index is 1.57. The summed E-state index contributed by atoms with van der Waals surface area (Å²) >= 11 is 0. The molecule has 0 radical (unpaired) electrons. The molecule has 1 aliphatic rings. The van der Waals surface area contributed by atoms with Crippen LogP contribution in [0.5, 0.6) is 0 Å². The molecule has 55 heavy (non-hydrogen) atoms. The minimum absolute atomic E-state index is 0.270. The van der Waals surface area contributed by atoms with Gasteiger partial charge in [-0.3, -0.25) is 4.79 Å². The van der Waals surface area contributed by atoms with Crippen molar-refractivity contribution >= 4 is 5.91 Å². The Kier molecular flexibility index (Phi) is 29.1. The van der Waals surface area contributed by atoms with E-state index in [0.717, 1.165) is 31.2 Å². The molecule has 320 valence electrons. The maximum atomic E-state index is 13.0. The predicted molar refractivity (Wildman–Crippen MR) is 220 cm³/mol. The van der Waals surface area contributed by atoms with Gasteiger partial charge >= 0.3 is 0 Å². The van der Waals surface area contributed by atoms with Crippen LogP contribution in [-0.4, -0.2) is 98.7 Å². The highest BCUT2D eigenvalue weighted by Gasteiger charge is 2.44. The van der Waals surface area contributed by atoms with Crippen LogP contribution in [0.3, 0.4) is 0 Å². The van der Waals surface area contributed by atoms with Gasteiger partial charge in [0, 0.05) is 6.42 Å². The van der Waals surface area contributed by atoms with Crippen molar-refractivity contribution in [2.24, 2.45) is 0 Å². The molecule has 5 unspecified atom stereocenters. The van der Waals surface area contributed by atoms with E-state index >= 15 is 0 Å². The molecule has 1 aliphatic heterocycles. The molecule has 10 heteroatoms. The molecule has 0 spiro atoms. The molecule has 0 aliphatic carbocycles. The van der Waals surface area contributed by atoms with Crippen molar-refractivity contribution in [3.05, 3.63) is 35.9 Å². The lowest BCUT2D eigenvalue weighted by atomic mass is 9.98. The number of aliphatic hydroxyl groups is 6. The van der Waals surface area contributed by atoms with Crippen LogP contribution in [0.15, 0.2) is 30.3 Å². The normalized spacial score (nSPS) is 21.7. The van der Waals surface area contributed by atoms with E-state index in [0.29, 0.717) is 19.3 Å². The third kappa shape index (κ3) is 22.8. The van der Waals surface area contributed by atoms with Crippen LogP contribution >= 0.6 is 0 Å². The number of nitrogens with one attached hydrogen (secondary N) is 1. The van der Waals surface area contributed by atoms with Crippen LogP contribution in [-0.2, 0) is 20.7 Å². The second-order valence-corrected chi connectivity index (χ2v) is 16.2. The van der Waals surface area contributed by atoms with E-state index in [4.69, 9.17) is 9.47 Å². The minimum Gasteiger partial charge on any atom is -0.394 e. The second kappa shape index (κ2) is 32.3. The second-order valence-electron chi connectivity index (χ2n) is 16.2. The van der Waals surface area contributed by atoms with E-state index in [2.05, 4.69) is 12.2 Å². The zero-order chi connectivity index (χ0) is 39.9. The van der Waals surface area contributed by atoms with Crippen LogP contribution in [0.1, 0.15) is 179 Å². The van der Waals surface area contributed by atoms with Gasteiger partial charge in [0.05, 0.1) is 25.4 Å². The van der Waals surface area contributed by atoms with Crippen LogP contribution in [0.25, 0.3) is 0 Å². The number of aliphatic hydroxyl groups excluding tert-OH is 6. The number of carbonyl (C=O) groups is 1. The lowest BCUT2D eigenvalue weighted by Gasteiger charge is -2.40. The first kappa shape index (κ1) is 49.5. The number of hydrogen-bond acceptors (Lipinski definition) is 9. The molecule has 1 aromatic carbocycles. The predicted octanol–water partition coefficient (Wildman–Crippen LogP) is 7.41. The number of aryl methyl sites for hydroxylation is 1. The molecule has 1 fully saturated rings. The van der Waals surface area contributed by atoms with E-state index in [-0.39, 0.29) is 18.9 Å². The molecule has 8 atom stereocenters. The largest absolute Gasteiger partial charge is 0.394 e. The van der Waals surface area contributed by atoms with Gasteiger partial charge in [0.1, 0.15) is 30.5 Å². The van der Waals surface area contributed by atoms with Crippen molar-refractivity contribution in [1.29, 1.82) is 0 Å². The van der Waals surface area contributed by atoms with Gasteiger partial charge in [0.15, 0.2) is 6.29 Å². The van der Waals surface area contributed by atoms with Crippen LogP contribution < -0.4 is 5.32 Å². The Bertz CT molecular complexity index is 1030. The standard InChI is InChI=1S/C45H81NO9/c1-2-3-4-5-6-7-8-9-10-11-12-13-14-15-16-17-18-19-20-21-22-23-27-33-40(49)46-37(35-54-45-44(53)43(52)42(51)39(34-47)55-45)41(50)38(48)32-28-31-36-29-25-24-26-30-36/h24-26,29-30,37-39,41-45,47-48,50-53H,2-23,27-28,31-35H2,1H3,(H,46,49)/t37-,38+,39?,41-,42?,43?,44?,45?/m0/s1. The quantitative estimate of drug-likeness (QED) is 0.0347. The average molecular weight is 780 g/mol. The van der Waals surface area contributed by atoms with Crippen LogP contribution in [0.4, 0.5) is 0 Å². The van der Waals surface area contributed by atoms with Gasteiger partial charge in [-0.05, 0) is 31.2 Å². The van der Waals surface area contributed by atoms with Gasteiger partial charge in [-0.25, -0.2) is 0 Å². The van der Waals surface area contributed by atoms with E-state index in [1.807, 2.05) is 30.3 Å². The minimum atomic E-state index is -1.61. The number of rotatable bonds is 35. The van der Waals surface area contributed by atoms with E-state index in [1.54, 1.807) is 0 Å². The Hall–Kier alpha value is -1.63. The van der Waals surface area contributed by atoms with Crippen molar-refractivity contribution < 1.29 is 44.9 Å². The fraction of sp³-hybridized carbons (Fsp3) is 0.844. The van der Waals surface area contributed by atoms with Crippen molar-refractivity contribution in [2.75, 3.05) is 13.2 Å². The van der Waals surface area contributed by atoms with Gasteiger partial charge in [0.2, 0.25) is 5.91 Å². The molecule has 1 saturated heterocycles. The topological polar surface area (TPSA) is 169 Å². The van der Waals surface area contributed by atoms with Gasteiger partial charge in [0.25, 0.3) is 0 Å². The van der Waals surface area contributed by atoms with Crippen LogP contribution in [0.2, 0.25) is 0 Å². The number of unbranched alkanes of at least 4 members (excludes halogenated alkanes) is 22. The third-order valence-electron chi connectivity index (χ3n) is 11.3. The highest BCUT2D eigenvalue weighted by atomic mass is 16.7. The molecule has 2 rings (SSSR count). The lowest BCUT2D eigenvalue weighted by Crippen LogP contribution is -2.60. The zero-order valence-corrected chi connectivity index (χ0v) is 34.4. The summed E-state index contributed by atoms with van der Waals surface area (Å²) in [7, 11) is 0. The van der Waals surface area contributed by atoms with Crippen LogP contribution in [0, 0.1) is 0 Å². The number of hydrogen-bond donors (Lipinski definition) is 7. The Labute approximate surface area is 333 Å². The summed E-state index contributed by atoms with van der Waals surface area (Å²) in [6.45, 7) is 1.35. The highest BCUT2D eigenvalue weighted by molar-refractivity contribution is 5.76. The lowest BCUT2D eigenvalue weighted by molar-refractivity contribution is -0.303. The number of carbonyl (C=O) groups excluding carboxylic acids is 1. The Morgan fingerprint density at radius 3 is 1.62 bits per heavy atom. The van der Waals surface area contributed by atoms with E-state index in [9.17, 15) is 35.4 Å². The maximum Gasteiger partial charge on any atom is 0.220 e. The summed E-state index contributed by atoms with van der Waals surface area (Å²) in [5.41, 5.74) is 1.12. The van der Waals surface area contributed by atoms with Crippen molar-refractivity contribution in [3.63, 3.8) is 0 Å². The smallest absolute Gasteiger partial charge is 0.220 e. The molecular weight excluding hydrogens is 698 g/mol. The van der Waals surface area contributed by atoms with E-state index < -0.39 is 55.6 Å². The van der Waals surface area contributed by atoms with Gasteiger partial charge in [-0.2, -0.15) is 0 Å². The van der Waals surface area contributed by atoms with Crippen molar-refractivity contribution in [2.45, 2.75) is 229 Å². The highest BCUT2D eigenvalue weighted by Crippen LogP contribution is 2.23. The van der Waals surface area contributed by atoms with E-state index in [1.165, 1.54) is 122 Å². The van der Waals surface area contributed by atoms with Gasteiger partial charge < -0.3 is 45.4 Å². The fourth-order valence-corrected chi connectivity index (χ4v) is 7.58. The zero-order valence-electron chi connectivity index (χ0n) is 34.4. The SMILES string of the molecule is CCCCCCCCCCCCCCCCCCCCCCCCCC(=O)N[C@@H](COC1OC(CO)C(O)C(O)C1O)[C@H](O)[C@H](O)CCCc1ccccc1. The maximum absolute atomic E-state index is 13.0. The molecule has 10 nitrogen and oxygen atoms in total. The fourth-order valence-electron chi connectivity index (χ4n) is 7.58. The summed E-state index contributed by atoms with van der Waals surface area (Å²) in [4.78, 5) is 13.0. The molecule has 1 amide bonds. The summed E-state index contributed by atoms with van der Waals surface area (Å²) in [5, 5.41) is 64.9. The summed E-state index contributed by atoms with van der Waals surface area (Å²) in [5.74, 6) is -0.276. The average Bonchev–Trinajstić information content (AvgIpc) is 3.19. The molecular formula is C45H81NO9. The first-order valence-electron chi connectivity index (χ1n) is 22.4. The molecule has 1 heterocycles. The third-order valence-corrected chi connectivity index (χ3v) is 11.3. The molecule has 0 saturated carbocycles. The number of benzene rings is 1. The first-order valence-corrected chi connectivity index (χ1v) is 22.4. The van der Waals surface area contributed by atoms with Crippen molar-refractivity contribution in [3.8, 4) is 0 Å². The van der Waals surface area contributed by atoms with Gasteiger partial charge in [-0.1, -0.05) is 179 Å². The molecule has 1 aromatic rings. The summed E-state index contributed by atoms with van der Waals surface area (Å²) in [6, 6.07) is 8.83. The summed E-state index contributed by atoms with van der Waals surface area (Å²) < 4.78 is 11.1. The number of ether oxygens (including phenoxy) is 2. The first-order chi connectivity index (χ1) is 26.8. The molecule has 7 N–H and O–H groups in total. The van der Waals surface area contributed by atoms with Gasteiger partial charge in [-0.15, -0.1) is 0 Å². The molecule has 0 aromatic heterocycles. The monoisotopic (exact) mass is 780 g/mol. The number of amides is 1. The summed E-state index contributed by atoms with van der Waals surface area (Å²) in [6.07, 6.45) is 22.1.